The summed E-state index contributed by atoms with van der Waals surface area (Å²) in [6, 6.07) is 11.1. The minimum Gasteiger partial charge on any atom is -0.497 e. The molecule has 0 saturated heterocycles. The van der Waals surface area contributed by atoms with Gasteiger partial charge in [-0.1, -0.05) is 25.0 Å². The topological polar surface area (TPSA) is 159 Å². The zero-order chi connectivity index (χ0) is 28.8. The van der Waals surface area contributed by atoms with Crippen molar-refractivity contribution < 1.29 is 28.6 Å². The van der Waals surface area contributed by atoms with E-state index in [1.807, 2.05) is 0 Å². The Balaban J connectivity index is 1.87. The van der Waals surface area contributed by atoms with Gasteiger partial charge in [0.2, 0.25) is 5.91 Å². The van der Waals surface area contributed by atoms with E-state index in [1.165, 1.54) is 19.1 Å². The molecule has 40 heavy (non-hydrogen) atoms. The quantitative estimate of drug-likeness (QED) is 0.318. The molecule has 0 aliphatic heterocycles. The number of rotatable bonds is 11. The Kier molecular flexibility index (Phi) is 9.10. The third-order valence-electron chi connectivity index (χ3n) is 6.92. The molecule has 4 rings (SSSR count). The lowest BCUT2D eigenvalue weighted by atomic mass is 10.00. The molecule has 3 aromatic rings. The van der Waals surface area contributed by atoms with Gasteiger partial charge in [-0.15, -0.1) is 0 Å². The fraction of sp³-hybridized carbons (Fsp3) is 0.357. The van der Waals surface area contributed by atoms with Crippen LogP contribution in [0.3, 0.4) is 0 Å². The van der Waals surface area contributed by atoms with Crippen molar-refractivity contribution in [1.82, 2.24) is 14.6 Å². The number of primary amides is 1. The number of benzene rings is 2. The molecule has 11 nitrogen and oxygen atoms in total. The molecule has 1 heterocycles. The van der Waals surface area contributed by atoms with Crippen molar-refractivity contribution in [3.8, 4) is 17.2 Å². The maximum Gasteiger partial charge on any atom is 0.270 e. The molecule has 5 N–H and O–H groups in total. The minimum absolute atomic E-state index is 0.00263. The van der Waals surface area contributed by atoms with Crippen LogP contribution in [-0.4, -0.2) is 54.4 Å². The average molecular weight is 568 g/mol. The van der Waals surface area contributed by atoms with E-state index in [9.17, 15) is 14.4 Å². The van der Waals surface area contributed by atoms with Crippen LogP contribution in [0.2, 0.25) is 0 Å². The van der Waals surface area contributed by atoms with Gasteiger partial charge in [0.25, 0.3) is 11.8 Å². The van der Waals surface area contributed by atoms with Gasteiger partial charge in [-0.3, -0.25) is 14.4 Å². The third-order valence-corrected chi connectivity index (χ3v) is 7.77. The summed E-state index contributed by atoms with van der Waals surface area (Å²) in [7, 11) is 4.57. The number of nitrogen functional groups attached to an aromatic ring is 1. The first-order valence-corrected chi connectivity index (χ1v) is 13.6. The van der Waals surface area contributed by atoms with E-state index >= 15 is 0 Å². The number of nitrogens with zero attached hydrogens (tertiary/aromatic N) is 2. The SMILES string of the molecule is COc1ccc(CN(C(=O)c2snc(C(N)=O)c2N)[C@@H](C(=O)NC2CCCC2)c2cc(OC)ccc2OC)cc1. The van der Waals surface area contributed by atoms with Crippen molar-refractivity contribution in [1.29, 1.82) is 0 Å². The van der Waals surface area contributed by atoms with E-state index in [0.29, 0.717) is 22.8 Å². The molecule has 0 unspecified atom stereocenters. The Bertz CT molecular complexity index is 1370. The normalized spacial score (nSPS) is 13.9. The van der Waals surface area contributed by atoms with Gasteiger partial charge >= 0.3 is 0 Å². The first-order valence-electron chi connectivity index (χ1n) is 12.8. The summed E-state index contributed by atoms with van der Waals surface area (Å²) in [5, 5.41) is 3.13. The van der Waals surface area contributed by atoms with Crippen LogP contribution in [0.1, 0.15) is 63.0 Å². The number of hydrogen-bond donors (Lipinski definition) is 3. The van der Waals surface area contributed by atoms with E-state index in [1.54, 1.807) is 49.6 Å². The minimum atomic E-state index is -1.14. The lowest BCUT2D eigenvalue weighted by molar-refractivity contribution is -0.126. The average Bonchev–Trinajstić information content (AvgIpc) is 3.62. The number of aromatic nitrogens is 1. The summed E-state index contributed by atoms with van der Waals surface area (Å²) in [5.74, 6) is -0.285. The lowest BCUT2D eigenvalue weighted by Gasteiger charge is -2.33. The summed E-state index contributed by atoms with van der Waals surface area (Å²) in [6.07, 6.45) is 3.73. The number of amides is 3. The highest BCUT2D eigenvalue weighted by Crippen LogP contribution is 2.37. The molecule has 1 saturated carbocycles. The monoisotopic (exact) mass is 567 g/mol. The number of ether oxygens (including phenoxy) is 3. The molecular formula is C28H33N5O6S. The number of nitrogens with one attached hydrogen (secondary N) is 1. The van der Waals surface area contributed by atoms with E-state index in [0.717, 1.165) is 42.8 Å². The molecule has 3 amide bonds. The van der Waals surface area contributed by atoms with Crippen LogP contribution < -0.4 is 31.0 Å². The van der Waals surface area contributed by atoms with Gasteiger partial charge in [-0.25, -0.2) is 0 Å². The largest absolute Gasteiger partial charge is 0.497 e. The van der Waals surface area contributed by atoms with Gasteiger partial charge in [0.05, 0.1) is 27.0 Å². The Labute approximate surface area is 236 Å². The van der Waals surface area contributed by atoms with Crippen LogP contribution in [-0.2, 0) is 11.3 Å². The van der Waals surface area contributed by atoms with Gasteiger partial charge in [-0.05, 0) is 60.3 Å². The van der Waals surface area contributed by atoms with Crippen molar-refractivity contribution >= 4 is 34.9 Å². The Morgan fingerprint density at radius 2 is 1.68 bits per heavy atom. The molecule has 12 heteroatoms. The zero-order valence-corrected chi connectivity index (χ0v) is 23.5. The van der Waals surface area contributed by atoms with E-state index in [2.05, 4.69) is 9.69 Å². The molecular weight excluding hydrogens is 534 g/mol. The summed E-state index contributed by atoms with van der Waals surface area (Å²) in [4.78, 5) is 41.6. The van der Waals surface area contributed by atoms with Crippen molar-refractivity contribution in [2.75, 3.05) is 27.1 Å². The highest BCUT2D eigenvalue weighted by Gasteiger charge is 2.37. The number of anilines is 1. The Morgan fingerprint density at radius 1 is 1.02 bits per heavy atom. The molecule has 1 fully saturated rings. The predicted octanol–water partition coefficient (Wildman–Crippen LogP) is 3.29. The molecule has 1 aromatic heterocycles. The molecule has 212 valence electrons. The van der Waals surface area contributed by atoms with Crippen molar-refractivity contribution in [3.63, 3.8) is 0 Å². The standard InChI is InChI=1S/C28H33N5O6S/c1-37-18-10-8-16(9-11-18)15-33(28(36)25-22(29)23(26(30)34)32-40-25)24(27(35)31-17-6-4-5-7-17)20-14-19(38-2)12-13-21(20)39-3/h8-14,17,24H,4-7,15,29H2,1-3H3,(H2,30,34)(H,31,35)/t24-/m1/s1. The molecule has 2 aromatic carbocycles. The molecule has 0 bridgehead atoms. The van der Waals surface area contributed by atoms with Gasteiger partial charge in [0, 0.05) is 18.2 Å². The first-order chi connectivity index (χ1) is 19.3. The number of hydrogen-bond acceptors (Lipinski definition) is 9. The van der Waals surface area contributed by atoms with Crippen LogP contribution in [0.25, 0.3) is 0 Å². The molecule has 0 radical (unpaired) electrons. The summed E-state index contributed by atoms with van der Waals surface area (Å²) < 4.78 is 20.4. The van der Waals surface area contributed by atoms with Crippen LogP contribution in [0.4, 0.5) is 5.69 Å². The number of carbonyl (C=O) groups excluding carboxylic acids is 3. The van der Waals surface area contributed by atoms with Crippen LogP contribution in [0, 0.1) is 0 Å². The summed E-state index contributed by atoms with van der Waals surface area (Å²) in [6.45, 7) is 0.0230. The van der Waals surface area contributed by atoms with Crippen LogP contribution in [0.5, 0.6) is 17.2 Å². The lowest BCUT2D eigenvalue weighted by Crippen LogP contribution is -2.46. The van der Waals surface area contributed by atoms with E-state index < -0.39 is 17.9 Å². The van der Waals surface area contributed by atoms with Crippen LogP contribution in [0.15, 0.2) is 42.5 Å². The first kappa shape index (κ1) is 28.7. The van der Waals surface area contributed by atoms with E-state index in [4.69, 9.17) is 25.7 Å². The molecule has 1 aliphatic rings. The van der Waals surface area contributed by atoms with Gasteiger partial charge in [0.15, 0.2) is 5.69 Å². The third kappa shape index (κ3) is 6.12. The number of carbonyl (C=O) groups is 3. The zero-order valence-electron chi connectivity index (χ0n) is 22.6. The molecule has 0 spiro atoms. The van der Waals surface area contributed by atoms with Crippen molar-refractivity contribution in [3.05, 3.63) is 64.2 Å². The maximum absolute atomic E-state index is 14.2. The Hall–Kier alpha value is -4.32. The maximum atomic E-state index is 14.2. The van der Waals surface area contributed by atoms with Crippen molar-refractivity contribution in [2.45, 2.75) is 44.3 Å². The van der Waals surface area contributed by atoms with Gasteiger partial charge in [-0.2, -0.15) is 4.37 Å². The molecule has 1 atom stereocenters. The number of methoxy groups -OCH3 is 3. The second-order valence-electron chi connectivity index (χ2n) is 9.42. The second-order valence-corrected chi connectivity index (χ2v) is 10.2. The fourth-order valence-electron chi connectivity index (χ4n) is 4.82. The van der Waals surface area contributed by atoms with E-state index in [-0.39, 0.29) is 34.8 Å². The Morgan fingerprint density at radius 3 is 2.25 bits per heavy atom. The summed E-state index contributed by atoms with van der Waals surface area (Å²) in [5.41, 5.74) is 12.4. The number of nitrogens with two attached hydrogens (primary N) is 2. The predicted molar refractivity (Wildman–Crippen MR) is 151 cm³/mol. The second kappa shape index (κ2) is 12.7. The van der Waals surface area contributed by atoms with Crippen molar-refractivity contribution in [2.24, 2.45) is 5.73 Å². The van der Waals surface area contributed by atoms with Gasteiger partial charge in [0.1, 0.15) is 28.2 Å². The summed E-state index contributed by atoms with van der Waals surface area (Å²) >= 11 is 0.758. The van der Waals surface area contributed by atoms with Gasteiger partial charge < -0.3 is 35.9 Å². The molecule has 1 aliphatic carbocycles. The highest BCUT2D eigenvalue weighted by molar-refractivity contribution is 7.09. The smallest absolute Gasteiger partial charge is 0.270 e. The van der Waals surface area contributed by atoms with Crippen LogP contribution >= 0.6 is 11.5 Å². The highest BCUT2D eigenvalue weighted by atomic mass is 32.1. The fourth-order valence-corrected chi connectivity index (χ4v) is 5.58.